The SMILES string of the molecule is C=C(OC(C)(C)C)C1=C(C)C2CC[C@H](N)C2C=C1.[HH]. The first kappa shape index (κ1) is 13.4. The van der Waals surface area contributed by atoms with Gasteiger partial charge in [-0.25, -0.2) is 0 Å². The van der Waals surface area contributed by atoms with Crippen LogP contribution in [0.3, 0.4) is 0 Å². The molecule has 2 aliphatic carbocycles. The van der Waals surface area contributed by atoms with Gasteiger partial charge in [0.05, 0.1) is 0 Å². The Kier molecular flexibility index (Phi) is 3.41. The van der Waals surface area contributed by atoms with Crippen molar-refractivity contribution < 1.29 is 6.16 Å². The predicted octanol–water partition coefficient (Wildman–Crippen LogP) is 3.80. The summed E-state index contributed by atoms with van der Waals surface area (Å²) in [5, 5.41) is 0. The Labute approximate surface area is 112 Å². The summed E-state index contributed by atoms with van der Waals surface area (Å²) < 4.78 is 5.89. The number of ether oxygens (including phenoxy) is 1. The molecule has 2 rings (SSSR count). The van der Waals surface area contributed by atoms with Gasteiger partial charge in [0.15, 0.2) is 0 Å². The quantitative estimate of drug-likeness (QED) is 0.755. The van der Waals surface area contributed by atoms with Gasteiger partial charge in [0.25, 0.3) is 0 Å². The maximum absolute atomic E-state index is 6.15. The van der Waals surface area contributed by atoms with Crippen molar-refractivity contribution in [3.63, 3.8) is 0 Å². The zero-order valence-electron chi connectivity index (χ0n) is 12.0. The van der Waals surface area contributed by atoms with E-state index in [2.05, 4.69) is 46.4 Å². The number of nitrogens with two attached hydrogens (primary N) is 1. The highest BCUT2D eigenvalue weighted by Crippen LogP contribution is 2.42. The second kappa shape index (κ2) is 4.58. The molecule has 0 aromatic rings. The standard InChI is InChI=1S/C16H25NO.H2/c1-10-12(11(2)18-16(3,4)5)6-7-14-13(10)8-9-15(14)17;/h6-7,13-15H,2,8-9,17H2,1,3-5H3;1H/t13?,14?,15-;/m0./s1. The fourth-order valence-corrected chi connectivity index (χ4v) is 3.11. The predicted molar refractivity (Wildman–Crippen MR) is 78.1 cm³/mol. The molecular formula is C16H27NO. The Morgan fingerprint density at radius 2 is 2.11 bits per heavy atom. The fraction of sp³-hybridized carbons (Fsp3) is 0.625. The summed E-state index contributed by atoms with van der Waals surface area (Å²) in [5.74, 6) is 1.88. The average molecular weight is 249 g/mol. The van der Waals surface area contributed by atoms with Gasteiger partial charge in [-0.15, -0.1) is 0 Å². The van der Waals surface area contributed by atoms with Crippen molar-refractivity contribution in [3.8, 4) is 0 Å². The van der Waals surface area contributed by atoms with Crippen LogP contribution in [0, 0.1) is 11.8 Å². The van der Waals surface area contributed by atoms with Gasteiger partial charge in [-0.1, -0.05) is 24.3 Å². The third-order valence-electron chi connectivity index (χ3n) is 3.97. The zero-order valence-corrected chi connectivity index (χ0v) is 12.0. The number of hydrogen-bond acceptors (Lipinski definition) is 2. The monoisotopic (exact) mass is 249 g/mol. The molecule has 0 amide bonds. The van der Waals surface area contributed by atoms with Crippen molar-refractivity contribution in [2.45, 2.75) is 52.2 Å². The molecule has 18 heavy (non-hydrogen) atoms. The molecule has 2 heteroatoms. The van der Waals surface area contributed by atoms with Crippen LogP contribution in [-0.2, 0) is 4.74 Å². The smallest absolute Gasteiger partial charge is 0.120 e. The van der Waals surface area contributed by atoms with E-state index < -0.39 is 0 Å². The highest BCUT2D eigenvalue weighted by Gasteiger charge is 2.36. The molecule has 2 aliphatic rings. The van der Waals surface area contributed by atoms with Crippen molar-refractivity contribution in [3.05, 3.63) is 35.6 Å². The first-order valence-electron chi connectivity index (χ1n) is 6.82. The molecule has 0 radical (unpaired) electrons. The Bertz CT molecular complexity index is 417. The van der Waals surface area contributed by atoms with Gasteiger partial charge in [0.1, 0.15) is 11.4 Å². The molecule has 0 aromatic heterocycles. The lowest BCUT2D eigenvalue weighted by Crippen LogP contribution is -2.28. The fourth-order valence-electron chi connectivity index (χ4n) is 3.11. The summed E-state index contributed by atoms with van der Waals surface area (Å²) in [6.45, 7) is 12.4. The molecule has 0 bridgehead atoms. The topological polar surface area (TPSA) is 35.2 Å². The Balaban J connectivity index is 0.00000180. The Hall–Kier alpha value is -1.02. The normalized spacial score (nSPS) is 31.5. The van der Waals surface area contributed by atoms with E-state index in [1.807, 2.05) is 0 Å². The first-order valence-corrected chi connectivity index (χ1v) is 6.82. The van der Waals surface area contributed by atoms with Crippen molar-refractivity contribution in [2.75, 3.05) is 0 Å². The van der Waals surface area contributed by atoms with E-state index >= 15 is 0 Å². The van der Waals surface area contributed by atoms with E-state index in [-0.39, 0.29) is 7.03 Å². The number of rotatable bonds is 2. The number of hydrogen-bond donors (Lipinski definition) is 1. The lowest BCUT2D eigenvalue weighted by molar-refractivity contribution is 0.0585. The van der Waals surface area contributed by atoms with Crippen LogP contribution in [0.5, 0.6) is 0 Å². The molecule has 3 atom stereocenters. The van der Waals surface area contributed by atoms with Crippen molar-refractivity contribution in [1.82, 2.24) is 0 Å². The third-order valence-corrected chi connectivity index (χ3v) is 3.97. The molecule has 2 unspecified atom stereocenters. The van der Waals surface area contributed by atoms with Gasteiger partial charge in [-0.3, -0.25) is 0 Å². The molecule has 2 N–H and O–H groups in total. The van der Waals surface area contributed by atoms with E-state index in [0.717, 1.165) is 12.2 Å². The molecule has 0 spiro atoms. The summed E-state index contributed by atoms with van der Waals surface area (Å²) in [5.41, 5.74) is 8.51. The maximum atomic E-state index is 6.15. The van der Waals surface area contributed by atoms with E-state index in [4.69, 9.17) is 10.5 Å². The Morgan fingerprint density at radius 3 is 2.72 bits per heavy atom. The first-order chi connectivity index (χ1) is 8.29. The lowest BCUT2D eigenvalue weighted by Gasteiger charge is -2.30. The van der Waals surface area contributed by atoms with E-state index in [0.29, 0.717) is 17.9 Å². The summed E-state index contributed by atoms with van der Waals surface area (Å²) >= 11 is 0. The minimum absolute atomic E-state index is 0. The molecular weight excluding hydrogens is 222 g/mol. The lowest BCUT2D eigenvalue weighted by atomic mass is 9.80. The van der Waals surface area contributed by atoms with Crippen molar-refractivity contribution in [1.29, 1.82) is 0 Å². The van der Waals surface area contributed by atoms with Crippen LogP contribution in [-0.4, -0.2) is 11.6 Å². The van der Waals surface area contributed by atoms with Crippen LogP contribution in [0.15, 0.2) is 35.6 Å². The molecule has 1 fully saturated rings. The van der Waals surface area contributed by atoms with Crippen LogP contribution in [0.25, 0.3) is 0 Å². The highest BCUT2D eigenvalue weighted by atomic mass is 16.5. The molecule has 102 valence electrons. The van der Waals surface area contributed by atoms with E-state index in [1.54, 1.807) is 0 Å². The second-order valence-corrected chi connectivity index (χ2v) is 6.52. The second-order valence-electron chi connectivity index (χ2n) is 6.52. The van der Waals surface area contributed by atoms with E-state index in [1.165, 1.54) is 17.6 Å². The summed E-state index contributed by atoms with van der Waals surface area (Å²) in [7, 11) is 0. The van der Waals surface area contributed by atoms with Crippen LogP contribution in [0.1, 0.15) is 42.0 Å². The summed E-state index contributed by atoms with van der Waals surface area (Å²) in [6, 6.07) is 0.319. The van der Waals surface area contributed by atoms with Crippen LogP contribution < -0.4 is 5.73 Å². The molecule has 0 aromatic carbocycles. The Morgan fingerprint density at radius 1 is 1.44 bits per heavy atom. The largest absolute Gasteiger partial charge is 0.488 e. The summed E-state index contributed by atoms with van der Waals surface area (Å²) in [6.07, 6.45) is 6.71. The molecule has 0 saturated heterocycles. The van der Waals surface area contributed by atoms with Gasteiger partial charge in [0, 0.05) is 13.0 Å². The third kappa shape index (κ3) is 2.54. The van der Waals surface area contributed by atoms with Gasteiger partial charge < -0.3 is 10.5 Å². The van der Waals surface area contributed by atoms with Gasteiger partial charge >= 0.3 is 0 Å². The minimum Gasteiger partial charge on any atom is -0.488 e. The van der Waals surface area contributed by atoms with Gasteiger partial charge in [0.2, 0.25) is 0 Å². The van der Waals surface area contributed by atoms with Gasteiger partial charge in [-0.05, 0) is 52.4 Å². The highest BCUT2D eigenvalue weighted by molar-refractivity contribution is 5.43. The van der Waals surface area contributed by atoms with E-state index in [9.17, 15) is 0 Å². The van der Waals surface area contributed by atoms with Crippen LogP contribution in [0.4, 0.5) is 0 Å². The molecule has 0 heterocycles. The number of allylic oxidation sites excluding steroid dienone is 2. The maximum Gasteiger partial charge on any atom is 0.120 e. The molecule has 0 aliphatic heterocycles. The average Bonchev–Trinajstić information content (AvgIpc) is 2.59. The number of fused-ring (bicyclic) bond motifs is 1. The minimum atomic E-state index is -0.193. The molecule has 1 saturated carbocycles. The van der Waals surface area contributed by atoms with Crippen LogP contribution >= 0.6 is 0 Å². The molecule has 2 nitrogen and oxygen atoms in total. The van der Waals surface area contributed by atoms with Crippen molar-refractivity contribution >= 4 is 0 Å². The van der Waals surface area contributed by atoms with Gasteiger partial charge in [-0.2, -0.15) is 0 Å². The van der Waals surface area contributed by atoms with Crippen molar-refractivity contribution in [2.24, 2.45) is 17.6 Å². The summed E-state index contributed by atoms with van der Waals surface area (Å²) in [4.78, 5) is 0. The van der Waals surface area contributed by atoms with Crippen LogP contribution in [0.2, 0.25) is 0 Å². The zero-order chi connectivity index (χ0) is 13.5.